The van der Waals surface area contributed by atoms with Crippen molar-refractivity contribution in [2.75, 3.05) is 18.6 Å². The van der Waals surface area contributed by atoms with Crippen LogP contribution in [0.5, 0.6) is 11.5 Å². The maximum absolute atomic E-state index is 12.5. The quantitative estimate of drug-likeness (QED) is 0.649. The van der Waals surface area contributed by atoms with Crippen LogP contribution in [0.3, 0.4) is 0 Å². The van der Waals surface area contributed by atoms with Crippen molar-refractivity contribution in [1.82, 2.24) is 4.98 Å². The number of anilines is 1. The Labute approximate surface area is 164 Å². The molecule has 2 heterocycles. The number of nitrogens with zero attached hydrogens (tertiary/aromatic N) is 2. The van der Waals surface area contributed by atoms with Crippen molar-refractivity contribution >= 4 is 11.6 Å². The summed E-state index contributed by atoms with van der Waals surface area (Å²) >= 11 is 0. The van der Waals surface area contributed by atoms with Gasteiger partial charge in [-0.2, -0.15) is 0 Å². The Hall–Kier alpha value is -3.34. The molecule has 142 valence electrons. The number of methoxy groups -OCH3 is 1. The van der Waals surface area contributed by atoms with Gasteiger partial charge in [0, 0.05) is 37.0 Å². The number of rotatable bonds is 6. The molecule has 1 saturated heterocycles. The normalized spacial score (nSPS) is 16.2. The van der Waals surface area contributed by atoms with Crippen LogP contribution >= 0.6 is 0 Å². The highest BCUT2D eigenvalue weighted by Gasteiger charge is 2.32. The van der Waals surface area contributed by atoms with Crippen LogP contribution in [-0.4, -0.2) is 24.5 Å². The minimum atomic E-state index is 0.116. The molecule has 1 fully saturated rings. The lowest BCUT2D eigenvalue weighted by molar-refractivity contribution is -0.117. The van der Waals surface area contributed by atoms with Crippen LogP contribution in [0.15, 0.2) is 73.1 Å². The van der Waals surface area contributed by atoms with Crippen molar-refractivity contribution < 1.29 is 14.3 Å². The van der Waals surface area contributed by atoms with E-state index in [1.165, 1.54) is 0 Å². The van der Waals surface area contributed by atoms with Crippen LogP contribution in [0, 0.1) is 0 Å². The van der Waals surface area contributed by atoms with E-state index >= 15 is 0 Å². The van der Waals surface area contributed by atoms with E-state index in [1.807, 2.05) is 65.6 Å². The summed E-state index contributed by atoms with van der Waals surface area (Å²) in [6, 6.07) is 19.7. The Morgan fingerprint density at radius 1 is 1.04 bits per heavy atom. The topological polar surface area (TPSA) is 51.7 Å². The summed E-state index contributed by atoms with van der Waals surface area (Å²) in [6.07, 6.45) is 3.89. The van der Waals surface area contributed by atoms with E-state index in [9.17, 15) is 4.79 Å². The molecule has 0 aliphatic carbocycles. The summed E-state index contributed by atoms with van der Waals surface area (Å²) in [5.41, 5.74) is 3.06. The van der Waals surface area contributed by atoms with E-state index in [4.69, 9.17) is 9.47 Å². The highest BCUT2D eigenvalue weighted by Crippen LogP contribution is 2.36. The number of carbonyl (C=O) groups excluding carboxylic acids is 1. The molecule has 1 aliphatic rings. The van der Waals surface area contributed by atoms with Gasteiger partial charge in [0.1, 0.15) is 6.61 Å². The summed E-state index contributed by atoms with van der Waals surface area (Å²) < 4.78 is 11.5. The molecular formula is C23H22N2O3. The van der Waals surface area contributed by atoms with Crippen LogP contribution in [0.25, 0.3) is 0 Å². The fourth-order valence-electron chi connectivity index (χ4n) is 3.50. The van der Waals surface area contributed by atoms with E-state index in [0.717, 1.165) is 16.8 Å². The van der Waals surface area contributed by atoms with Crippen molar-refractivity contribution in [2.45, 2.75) is 18.9 Å². The van der Waals surface area contributed by atoms with Gasteiger partial charge < -0.3 is 14.4 Å². The van der Waals surface area contributed by atoms with E-state index in [2.05, 4.69) is 4.98 Å². The van der Waals surface area contributed by atoms with Crippen molar-refractivity contribution in [2.24, 2.45) is 0 Å². The fraction of sp³-hybridized carbons (Fsp3) is 0.217. The van der Waals surface area contributed by atoms with Gasteiger partial charge in [-0.05, 0) is 35.4 Å². The lowest BCUT2D eigenvalue weighted by atomic mass is 9.98. The zero-order chi connectivity index (χ0) is 19.3. The third-order valence-corrected chi connectivity index (χ3v) is 5.00. The molecule has 5 heteroatoms. The van der Waals surface area contributed by atoms with Crippen LogP contribution in [0.4, 0.5) is 5.69 Å². The Morgan fingerprint density at radius 2 is 1.82 bits per heavy atom. The van der Waals surface area contributed by atoms with Crippen molar-refractivity contribution in [3.63, 3.8) is 0 Å². The molecule has 0 bridgehead atoms. The minimum Gasteiger partial charge on any atom is -0.493 e. The third-order valence-electron chi connectivity index (χ3n) is 5.00. The van der Waals surface area contributed by atoms with E-state index in [0.29, 0.717) is 31.1 Å². The first kappa shape index (κ1) is 18.0. The lowest BCUT2D eigenvalue weighted by Gasteiger charge is -2.17. The Kier molecular flexibility index (Phi) is 5.24. The van der Waals surface area contributed by atoms with Gasteiger partial charge in [0.05, 0.1) is 7.11 Å². The van der Waals surface area contributed by atoms with Gasteiger partial charge in [-0.3, -0.25) is 9.78 Å². The number of benzene rings is 2. The summed E-state index contributed by atoms with van der Waals surface area (Å²) in [5, 5.41) is 0. The van der Waals surface area contributed by atoms with Gasteiger partial charge in [-0.1, -0.05) is 36.4 Å². The molecule has 4 rings (SSSR count). The maximum atomic E-state index is 12.5. The first-order chi connectivity index (χ1) is 13.7. The first-order valence-electron chi connectivity index (χ1n) is 9.29. The molecule has 2 aromatic carbocycles. The maximum Gasteiger partial charge on any atom is 0.227 e. The molecule has 1 aliphatic heterocycles. The molecule has 1 amide bonds. The molecule has 3 aromatic rings. The SMILES string of the molecule is COc1ccc(C2CC(=O)N(c3ccncc3)C2)cc1OCc1ccccc1. The first-order valence-corrected chi connectivity index (χ1v) is 9.29. The minimum absolute atomic E-state index is 0.116. The standard InChI is InChI=1S/C23H22N2O3/c1-27-21-8-7-18(13-22(21)28-16-17-5-3-2-4-6-17)19-14-23(26)25(15-19)20-9-11-24-12-10-20/h2-13,19H,14-16H2,1H3. The summed E-state index contributed by atoms with van der Waals surface area (Å²) in [7, 11) is 1.63. The molecule has 0 spiro atoms. The van der Waals surface area contributed by atoms with E-state index in [1.54, 1.807) is 19.5 Å². The lowest BCUT2D eigenvalue weighted by Crippen LogP contribution is -2.24. The van der Waals surface area contributed by atoms with Crippen molar-refractivity contribution in [1.29, 1.82) is 0 Å². The van der Waals surface area contributed by atoms with E-state index < -0.39 is 0 Å². The zero-order valence-corrected chi connectivity index (χ0v) is 15.7. The number of hydrogen-bond donors (Lipinski definition) is 0. The van der Waals surface area contributed by atoms with Crippen LogP contribution in [-0.2, 0) is 11.4 Å². The molecule has 1 unspecified atom stereocenters. The number of amides is 1. The van der Waals surface area contributed by atoms with Crippen LogP contribution in [0.2, 0.25) is 0 Å². The summed E-state index contributed by atoms with van der Waals surface area (Å²) in [5.74, 6) is 1.62. The molecule has 1 aromatic heterocycles. The summed E-state index contributed by atoms with van der Waals surface area (Å²) in [4.78, 5) is 18.4. The predicted molar refractivity (Wildman–Crippen MR) is 108 cm³/mol. The largest absolute Gasteiger partial charge is 0.493 e. The van der Waals surface area contributed by atoms with Crippen molar-refractivity contribution in [3.05, 3.63) is 84.2 Å². The molecule has 28 heavy (non-hydrogen) atoms. The fourth-order valence-corrected chi connectivity index (χ4v) is 3.50. The van der Waals surface area contributed by atoms with Gasteiger partial charge in [0.15, 0.2) is 11.5 Å². The molecule has 0 N–H and O–H groups in total. The highest BCUT2D eigenvalue weighted by atomic mass is 16.5. The Bertz CT molecular complexity index is 945. The molecule has 5 nitrogen and oxygen atoms in total. The molecule has 1 atom stereocenters. The van der Waals surface area contributed by atoms with Crippen LogP contribution in [0.1, 0.15) is 23.5 Å². The molecule has 0 radical (unpaired) electrons. The highest BCUT2D eigenvalue weighted by molar-refractivity contribution is 5.96. The Balaban J connectivity index is 1.53. The van der Waals surface area contributed by atoms with Gasteiger partial charge >= 0.3 is 0 Å². The van der Waals surface area contributed by atoms with Gasteiger partial charge in [0.2, 0.25) is 5.91 Å². The smallest absolute Gasteiger partial charge is 0.227 e. The number of pyridine rings is 1. The number of ether oxygens (including phenoxy) is 2. The predicted octanol–water partition coefficient (Wildman–Crippen LogP) is 4.19. The second-order valence-corrected chi connectivity index (χ2v) is 6.80. The number of aromatic nitrogens is 1. The number of carbonyl (C=O) groups is 1. The second kappa shape index (κ2) is 8.13. The molecular weight excluding hydrogens is 352 g/mol. The third kappa shape index (κ3) is 3.83. The van der Waals surface area contributed by atoms with Gasteiger partial charge in [-0.15, -0.1) is 0 Å². The Morgan fingerprint density at radius 3 is 2.57 bits per heavy atom. The molecule has 0 saturated carbocycles. The second-order valence-electron chi connectivity index (χ2n) is 6.80. The monoisotopic (exact) mass is 374 g/mol. The van der Waals surface area contributed by atoms with Gasteiger partial charge in [-0.25, -0.2) is 0 Å². The van der Waals surface area contributed by atoms with Gasteiger partial charge in [0.25, 0.3) is 0 Å². The van der Waals surface area contributed by atoms with Crippen LogP contribution < -0.4 is 14.4 Å². The summed E-state index contributed by atoms with van der Waals surface area (Å²) in [6.45, 7) is 1.11. The average Bonchev–Trinajstić information content (AvgIpc) is 3.15. The average molecular weight is 374 g/mol. The van der Waals surface area contributed by atoms with E-state index in [-0.39, 0.29) is 11.8 Å². The number of hydrogen-bond acceptors (Lipinski definition) is 4. The zero-order valence-electron chi connectivity index (χ0n) is 15.7. The van der Waals surface area contributed by atoms with Crippen molar-refractivity contribution in [3.8, 4) is 11.5 Å².